The molecule has 1 aliphatic heterocycles. The Balaban J connectivity index is 2.06. The molecule has 110 valence electrons. The van der Waals surface area contributed by atoms with Crippen LogP contribution in [-0.2, 0) is 6.54 Å². The molecular formula is C15H24N4O. The summed E-state index contributed by atoms with van der Waals surface area (Å²) in [4.78, 5) is 4.74. The first-order valence-electron chi connectivity index (χ1n) is 7.06. The van der Waals surface area contributed by atoms with Crippen LogP contribution in [-0.4, -0.2) is 54.1 Å². The second-order valence-corrected chi connectivity index (χ2v) is 5.59. The number of oxime groups is 1. The van der Waals surface area contributed by atoms with E-state index in [0.29, 0.717) is 6.04 Å². The van der Waals surface area contributed by atoms with E-state index >= 15 is 0 Å². The van der Waals surface area contributed by atoms with Gasteiger partial charge in [0.25, 0.3) is 0 Å². The predicted molar refractivity (Wildman–Crippen MR) is 80.9 cm³/mol. The van der Waals surface area contributed by atoms with E-state index in [-0.39, 0.29) is 5.84 Å². The molecular weight excluding hydrogens is 252 g/mol. The van der Waals surface area contributed by atoms with Gasteiger partial charge in [-0.1, -0.05) is 29.4 Å². The van der Waals surface area contributed by atoms with E-state index < -0.39 is 0 Å². The molecule has 20 heavy (non-hydrogen) atoms. The molecule has 0 aliphatic carbocycles. The van der Waals surface area contributed by atoms with Crippen LogP contribution in [0.25, 0.3) is 0 Å². The van der Waals surface area contributed by atoms with Gasteiger partial charge in [-0.25, -0.2) is 0 Å². The minimum Gasteiger partial charge on any atom is -0.409 e. The highest BCUT2D eigenvalue weighted by Gasteiger charge is 2.21. The van der Waals surface area contributed by atoms with Crippen LogP contribution in [0.3, 0.4) is 0 Å². The number of likely N-dealkylation sites (tertiary alicyclic amines) is 1. The highest BCUT2D eigenvalue weighted by molar-refractivity contribution is 5.98. The number of piperidine rings is 1. The molecule has 2 rings (SSSR count). The third-order valence-corrected chi connectivity index (χ3v) is 4.13. The first-order chi connectivity index (χ1) is 9.61. The van der Waals surface area contributed by atoms with Crippen LogP contribution in [0.2, 0.25) is 0 Å². The molecule has 1 aromatic carbocycles. The van der Waals surface area contributed by atoms with Crippen LogP contribution in [0.5, 0.6) is 0 Å². The number of nitrogens with zero attached hydrogens (tertiary/aromatic N) is 3. The quantitative estimate of drug-likeness (QED) is 0.377. The SMILES string of the molecule is CN1CCC(N(C)Cc2ccccc2/C(N)=N/O)CC1. The highest BCUT2D eigenvalue weighted by Crippen LogP contribution is 2.18. The molecule has 0 bridgehead atoms. The molecule has 0 spiro atoms. The summed E-state index contributed by atoms with van der Waals surface area (Å²) in [5, 5.41) is 12.0. The Kier molecular flexibility index (Phi) is 4.98. The number of hydrogen-bond acceptors (Lipinski definition) is 4. The van der Waals surface area contributed by atoms with Gasteiger partial charge in [0, 0.05) is 18.2 Å². The molecule has 0 saturated carbocycles. The van der Waals surface area contributed by atoms with Crippen LogP contribution >= 0.6 is 0 Å². The molecule has 1 fully saturated rings. The number of benzene rings is 1. The Labute approximate surface area is 120 Å². The van der Waals surface area contributed by atoms with E-state index in [0.717, 1.165) is 30.8 Å². The van der Waals surface area contributed by atoms with E-state index in [1.54, 1.807) is 0 Å². The summed E-state index contributed by atoms with van der Waals surface area (Å²) in [6.45, 7) is 3.12. The fourth-order valence-electron chi connectivity index (χ4n) is 2.80. The second kappa shape index (κ2) is 6.72. The molecule has 1 heterocycles. The van der Waals surface area contributed by atoms with Gasteiger partial charge in [0.2, 0.25) is 0 Å². The molecule has 5 nitrogen and oxygen atoms in total. The standard InChI is InChI=1S/C15H24N4O/c1-18-9-7-13(8-10-18)19(2)11-12-5-3-4-6-14(12)15(16)17-20/h3-6,13,20H,7-11H2,1-2H3,(H2,16,17). The van der Waals surface area contributed by atoms with Crippen molar-refractivity contribution in [2.24, 2.45) is 10.9 Å². The molecule has 0 unspecified atom stereocenters. The maximum Gasteiger partial charge on any atom is 0.170 e. The molecule has 5 heteroatoms. The van der Waals surface area contributed by atoms with Crippen LogP contribution < -0.4 is 5.73 Å². The molecule has 1 saturated heterocycles. The summed E-state index contributed by atoms with van der Waals surface area (Å²) in [7, 11) is 4.32. The Morgan fingerprint density at radius 2 is 2.05 bits per heavy atom. The fourth-order valence-corrected chi connectivity index (χ4v) is 2.80. The molecule has 1 aliphatic rings. The van der Waals surface area contributed by atoms with Crippen LogP contribution in [0.1, 0.15) is 24.0 Å². The van der Waals surface area contributed by atoms with Crippen molar-refractivity contribution in [3.05, 3.63) is 35.4 Å². The fraction of sp³-hybridized carbons (Fsp3) is 0.533. The van der Waals surface area contributed by atoms with Gasteiger partial charge in [0.1, 0.15) is 0 Å². The van der Waals surface area contributed by atoms with E-state index in [1.807, 2.05) is 24.3 Å². The average molecular weight is 276 g/mol. The lowest BCUT2D eigenvalue weighted by atomic mass is 10.0. The Bertz CT molecular complexity index is 467. The third kappa shape index (κ3) is 3.49. The van der Waals surface area contributed by atoms with Crippen molar-refractivity contribution >= 4 is 5.84 Å². The van der Waals surface area contributed by atoms with Gasteiger partial charge in [-0.05, 0) is 45.6 Å². The maximum absolute atomic E-state index is 8.87. The maximum atomic E-state index is 8.87. The highest BCUT2D eigenvalue weighted by atomic mass is 16.4. The first kappa shape index (κ1) is 14.8. The van der Waals surface area contributed by atoms with Gasteiger partial charge in [0.05, 0.1) is 0 Å². The van der Waals surface area contributed by atoms with Crippen molar-refractivity contribution < 1.29 is 5.21 Å². The molecule has 0 atom stereocenters. The van der Waals surface area contributed by atoms with E-state index in [4.69, 9.17) is 10.9 Å². The van der Waals surface area contributed by atoms with Crippen LogP contribution in [0.4, 0.5) is 0 Å². The summed E-state index contributed by atoms with van der Waals surface area (Å²) in [6.07, 6.45) is 2.39. The lowest BCUT2D eigenvalue weighted by molar-refractivity contribution is 0.139. The zero-order chi connectivity index (χ0) is 14.5. The lowest BCUT2D eigenvalue weighted by Gasteiger charge is -2.35. The zero-order valence-electron chi connectivity index (χ0n) is 12.3. The van der Waals surface area contributed by atoms with Gasteiger partial charge in [0.15, 0.2) is 5.84 Å². The van der Waals surface area contributed by atoms with Gasteiger partial charge >= 0.3 is 0 Å². The number of hydrogen-bond donors (Lipinski definition) is 2. The van der Waals surface area contributed by atoms with Gasteiger partial charge in [-0.15, -0.1) is 0 Å². The van der Waals surface area contributed by atoms with Crippen LogP contribution in [0, 0.1) is 0 Å². The van der Waals surface area contributed by atoms with Crippen molar-refractivity contribution in [1.29, 1.82) is 0 Å². The minimum absolute atomic E-state index is 0.178. The molecule has 3 N–H and O–H groups in total. The average Bonchev–Trinajstić information content (AvgIpc) is 2.47. The molecule has 1 aromatic rings. The Morgan fingerprint density at radius 3 is 2.70 bits per heavy atom. The van der Waals surface area contributed by atoms with E-state index in [1.165, 1.54) is 12.8 Å². The van der Waals surface area contributed by atoms with Gasteiger partial charge in [-0.3, -0.25) is 4.90 Å². The zero-order valence-corrected chi connectivity index (χ0v) is 12.3. The first-order valence-corrected chi connectivity index (χ1v) is 7.06. The lowest BCUT2D eigenvalue weighted by Crippen LogP contribution is -2.41. The summed E-state index contributed by atoms with van der Waals surface area (Å²) in [5.41, 5.74) is 7.66. The largest absolute Gasteiger partial charge is 0.409 e. The van der Waals surface area contributed by atoms with E-state index in [2.05, 4.69) is 29.1 Å². The van der Waals surface area contributed by atoms with Crippen LogP contribution in [0.15, 0.2) is 29.4 Å². The monoisotopic (exact) mass is 276 g/mol. The normalized spacial score (nSPS) is 18.6. The smallest absolute Gasteiger partial charge is 0.170 e. The van der Waals surface area contributed by atoms with Gasteiger partial charge < -0.3 is 15.8 Å². The topological polar surface area (TPSA) is 65.1 Å². The van der Waals surface area contributed by atoms with Crippen molar-refractivity contribution in [1.82, 2.24) is 9.80 Å². The second-order valence-electron chi connectivity index (χ2n) is 5.59. The summed E-state index contributed by atoms with van der Waals surface area (Å²) >= 11 is 0. The molecule has 0 amide bonds. The molecule has 0 aromatic heterocycles. The van der Waals surface area contributed by atoms with Crippen molar-refractivity contribution in [3.8, 4) is 0 Å². The molecule has 0 radical (unpaired) electrons. The predicted octanol–water partition coefficient (Wildman–Crippen LogP) is 1.31. The van der Waals surface area contributed by atoms with Crippen molar-refractivity contribution in [2.45, 2.75) is 25.4 Å². The van der Waals surface area contributed by atoms with Gasteiger partial charge in [-0.2, -0.15) is 0 Å². The summed E-state index contributed by atoms with van der Waals surface area (Å²) in [5.74, 6) is 0.178. The number of rotatable bonds is 4. The third-order valence-electron chi connectivity index (χ3n) is 4.13. The van der Waals surface area contributed by atoms with Crippen molar-refractivity contribution in [2.75, 3.05) is 27.2 Å². The number of nitrogens with two attached hydrogens (primary N) is 1. The summed E-state index contributed by atoms with van der Waals surface area (Å²) in [6, 6.07) is 8.44. The Morgan fingerprint density at radius 1 is 1.40 bits per heavy atom. The minimum atomic E-state index is 0.178. The number of amidine groups is 1. The Hall–Kier alpha value is -1.59. The van der Waals surface area contributed by atoms with Crippen molar-refractivity contribution in [3.63, 3.8) is 0 Å². The van der Waals surface area contributed by atoms with E-state index in [9.17, 15) is 0 Å². The summed E-state index contributed by atoms with van der Waals surface area (Å²) < 4.78 is 0.